The Morgan fingerprint density at radius 1 is 0.625 bits per heavy atom. The van der Waals surface area contributed by atoms with E-state index >= 15 is 0 Å². The molecule has 0 aliphatic heterocycles. The SMILES string of the molecule is C(#Cc1cccc2ccccc12)/C=C/c1ccc2ccccc2c1. The number of hydrogen-bond donors (Lipinski definition) is 0. The van der Waals surface area contributed by atoms with E-state index in [0.29, 0.717) is 0 Å². The van der Waals surface area contributed by atoms with Gasteiger partial charge in [0, 0.05) is 5.56 Å². The molecule has 0 aromatic heterocycles. The van der Waals surface area contributed by atoms with Crippen molar-refractivity contribution in [3.63, 3.8) is 0 Å². The molecule has 24 heavy (non-hydrogen) atoms. The first kappa shape index (κ1) is 14.3. The van der Waals surface area contributed by atoms with Crippen LogP contribution in [0.15, 0.2) is 91.0 Å². The highest BCUT2D eigenvalue weighted by atomic mass is 14.0. The molecule has 0 atom stereocenters. The third kappa shape index (κ3) is 2.93. The maximum Gasteiger partial charge on any atom is 0.0327 e. The molecule has 0 saturated heterocycles. The molecule has 0 N–H and O–H groups in total. The Kier molecular flexibility index (Phi) is 3.84. The summed E-state index contributed by atoms with van der Waals surface area (Å²) in [6.07, 6.45) is 3.98. The minimum atomic E-state index is 1.07. The van der Waals surface area contributed by atoms with Crippen LogP contribution in [0.2, 0.25) is 0 Å². The average molecular weight is 304 g/mol. The van der Waals surface area contributed by atoms with E-state index in [-0.39, 0.29) is 0 Å². The van der Waals surface area contributed by atoms with Gasteiger partial charge in [-0.15, -0.1) is 0 Å². The predicted molar refractivity (Wildman–Crippen MR) is 104 cm³/mol. The Hall–Kier alpha value is -3.30. The standard InChI is InChI=1S/C24H16/c1(8-19-16-17-20-9-3-4-12-23(20)18-19)2-10-21-13-7-14-22-11-5-6-15-24(21)22/h1,3-9,11-18H/b8-1+. The fraction of sp³-hybridized carbons (Fsp3) is 0. The molecule has 0 spiro atoms. The zero-order valence-electron chi connectivity index (χ0n) is 13.2. The lowest BCUT2D eigenvalue weighted by Crippen LogP contribution is -1.78. The van der Waals surface area contributed by atoms with Crippen molar-refractivity contribution in [1.29, 1.82) is 0 Å². The first-order valence-electron chi connectivity index (χ1n) is 8.05. The number of rotatable bonds is 1. The van der Waals surface area contributed by atoms with Crippen LogP contribution < -0.4 is 0 Å². The van der Waals surface area contributed by atoms with Crippen LogP contribution in [-0.4, -0.2) is 0 Å². The number of hydrogen-bond acceptors (Lipinski definition) is 0. The van der Waals surface area contributed by atoms with Gasteiger partial charge in [0.25, 0.3) is 0 Å². The summed E-state index contributed by atoms with van der Waals surface area (Å²) in [5.74, 6) is 6.42. The molecule has 0 saturated carbocycles. The van der Waals surface area contributed by atoms with Crippen LogP contribution in [0.5, 0.6) is 0 Å². The van der Waals surface area contributed by atoms with Crippen LogP contribution in [0.4, 0.5) is 0 Å². The Morgan fingerprint density at radius 3 is 2.29 bits per heavy atom. The minimum Gasteiger partial charge on any atom is -0.0696 e. The van der Waals surface area contributed by atoms with E-state index in [9.17, 15) is 0 Å². The van der Waals surface area contributed by atoms with E-state index in [4.69, 9.17) is 0 Å². The van der Waals surface area contributed by atoms with Crippen LogP contribution >= 0.6 is 0 Å². The molecule has 0 aliphatic carbocycles. The molecule has 4 aromatic carbocycles. The van der Waals surface area contributed by atoms with Gasteiger partial charge in [0.2, 0.25) is 0 Å². The van der Waals surface area contributed by atoms with Crippen LogP contribution in [0.1, 0.15) is 11.1 Å². The van der Waals surface area contributed by atoms with Crippen molar-refractivity contribution < 1.29 is 0 Å². The average Bonchev–Trinajstić information content (AvgIpc) is 2.65. The first-order valence-corrected chi connectivity index (χ1v) is 8.05. The number of allylic oxidation sites excluding steroid dienone is 1. The minimum absolute atomic E-state index is 1.07. The van der Waals surface area contributed by atoms with Crippen molar-refractivity contribution in [2.24, 2.45) is 0 Å². The lowest BCUT2D eigenvalue weighted by atomic mass is 10.0. The molecule has 0 aliphatic rings. The van der Waals surface area contributed by atoms with Gasteiger partial charge in [-0.1, -0.05) is 84.6 Å². The van der Waals surface area contributed by atoms with Crippen LogP contribution in [0.25, 0.3) is 27.6 Å². The van der Waals surface area contributed by atoms with Crippen LogP contribution in [0.3, 0.4) is 0 Å². The molecule has 0 unspecified atom stereocenters. The summed E-state index contributed by atoms with van der Waals surface area (Å²) >= 11 is 0. The summed E-state index contributed by atoms with van der Waals surface area (Å²) in [7, 11) is 0. The predicted octanol–water partition coefficient (Wildman–Crippen LogP) is 6.06. The summed E-state index contributed by atoms with van der Waals surface area (Å²) < 4.78 is 0. The molecule has 4 aromatic rings. The lowest BCUT2D eigenvalue weighted by molar-refractivity contribution is 1.70. The Balaban J connectivity index is 1.62. The van der Waals surface area contributed by atoms with Crippen molar-refractivity contribution in [3.8, 4) is 11.8 Å². The molecule has 0 fully saturated rings. The van der Waals surface area contributed by atoms with E-state index in [1.165, 1.54) is 27.1 Å². The van der Waals surface area contributed by atoms with E-state index in [1.54, 1.807) is 0 Å². The van der Waals surface area contributed by atoms with Crippen LogP contribution in [-0.2, 0) is 0 Å². The van der Waals surface area contributed by atoms with Gasteiger partial charge in [-0.05, 0) is 51.4 Å². The quantitative estimate of drug-likeness (QED) is 0.375. The monoisotopic (exact) mass is 304 g/mol. The van der Waals surface area contributed by atoms with Gasteiger partial charge in [-0.25, -0.2) is 0 Å². The molecule has 0 amide bonds. The van der Waals surface area contributed by atoms with Crippen molar-refractivity contribution in [3.05, 3.63) is 102 Å². The van der Waals surface area contributed by atoms with Gasteiger partial charge in [-0.2, -0.15) is 0 Å². The van der Waals surface area contributed by atoms with E-state index in [1.807, 2.05) is 6.08 Å². The molecule has 0 radical (unpaired) electrons. The zero-order valence-corrected chi connectivity index (χ0v) is 13.2. The van der Waals surface area contributed by atoms with E-state index in [0.717, 1.165) is 5.56 Å². The highest BCUT2D eigenvalue weighted by Gasteiger charge is 1.95. The second-order valence-corrected chi connectivity index (χ2v) is 5.74. The Morgan fingerprint density at radius 2 is 1.38 bits per heavy atom. The van der Waals surface area contributed by atoms with Gasteiger partial charge in [0.1, 0.15) is 0 Å². The van der Waals surface area contributed by atoms with Gasteiger partial charge in [0.05, 0.1) is 0 Å². The van der Waals surface area contributed by atoms with E-state index in [2.05, 4.69) is 103 Å². The second kappa shape index (κ2) is 6.44. The summed E-state index contributed by atoms with van der Waals surface area (Å²) in [6.45, 7) is 0. The highest BCUT2D eigenvalue weighted by molar-refractivity contribution is 5.88. The molecule has 0 heteroatoms. The van der Waals surface area contributed by atoms with Crippen molar-refractivity contribution in [2.45, 2.75) is 0 Å². The smallest absolute Gasteiger partial charge is 0.0327 e. The Labute approximate surface area is 142 Å². The van der Waals surface area contributed by atoms with Crippen molar-refractivity contribution in [1.82, 2.24) is 0 Å². The molecular weight excluding hydrogens is 288 g/mol. The van der Waals surface area contributed by atoms with Crippen molar-refractivity contribution in [2.75, 3.05) is 0 Å². The third-order valence-electron chi connectivity index (χ3n) is 4.13. The number of fused-ring (bicyclic) bond motifs is 2. The fourth-order valence-corrected chi connectivity index (χ4v) is 2.90. The summed E-state index contributed by atoms with van der Waals surface area (Å²) in [5, 5.41) is 4.94. The second-order valence-electron chi connectivity index (χ2n) is 5.74. The van der Waals surface area contributed by atoms with Crippen molar-refractivity contribution >= 4 is 27.6 Å². The Bertz CT molecular complexity index is 1100. The normalized spacial score (nSPS) is 10.8. The van der Waals surface area contributed by atoms with E-state index < -0.39 is 0 Å². The fourth-order valence-electron chi connectivity index (χ4n) is 2.90. The maximum atomic E-state index is 3.26. The van der Waals surface area contributed by atoms with Gasteiger partial charge >= 0.3 is 0 Å². The molecular formula is C24H16. The molecule has 112 valence electrons. The summed E-state index contributed by atoms with van der Waals surface area (Å²) in [5.41, 5.74) is 2.23. The van der Waals surface area contributed by atoms with Gasteiger partial charge < -0.3 is 0 Å². The number of benzene rings is 4. The van der Waals surface area contributed by atoms with Gasteiger partial charge in [0.15, 0.2) is 0 Å². The summed E-state index contributed by atoms with van der Waals surface area (Å²) in [6, 6.07) is 29.4. The maximum absolute atomic E-state index is 3.26. The van der Waals surface area contributed by atoms with Gasteiger partial charge in [-0.3, -0.25) is 0 Å². The highest BCUT2D eigenvalue weighted by Crippen LogP contribution is 2.18. The molecule has 0 heterocycles. The topological polar surface area (TPSA) is 0 Å². The molecule has 0 nitrogen and oxygen atoms in total. The third-order valence-corrected chi connectivity index (χ3v) is 4.13. The largest absolute Gasteiger partial charge is 0.0696 e. The van der Waals surface area contributed by atoms with Crippen LogP contribution in [0, 0.1) is 11.8 Å². The summed E-state index contributed by atoms with van der Waals surface area (Å²) in [4.78, 5) is 0. The first-order chi connectivity index (χ1) is 11.9. The molecule has 0 bridgehead atoms. The zero-order chi connectivity index (χ0) is 16.2. The molecule has 4 rings (SSSR count). The lowest BCUT2D eigenvalue weighted by Gasteiger charge is -1.99.